The van der Waals surface area contributed by atoms with Gasteiger partial charge in [-0.15, -0.1) is 22.7 Å². The fourth-order valence-corrected chi connectivity index (χ4v) is 11.0. The average Bonchev–Trinajstić information content (AvgIpc) is 3.93. The van der Waals surface area contributed by atoms with Gasteiger partial charge in [-0.05, 0) is 112 Å². The molecule has 9 aromatic carbocycles. The summed E-state index contributed by atoms with van der Waals surface area (Å²) in [5, 5.41) is 11.6. The summed E-state index contributed by atoms with van der Waals surface area (Å²) in [6.07, 6.45) is 0. The first-order valence-corrected chi connectivity index (χ1v) is 20.6. The van der Waals surface area contributed by atoms with Crippen molar-refractivity contribution < 1.29 is 0 Å². The quantitative estimate of drug-likeness (QED) is 0.170. The molecule has 0 N–H and O–H groups in total. The zero-order valence-corrected chi connectivity index (χ0v) is 31.8. The molecule has 0 atom stereocenters. The largest absolute Gasteiger partial charge is 0.310 e. The standard InChI is InChI=1S/C52H32N2S2/c1-2-15-39(16-3-1)54-47-17-9-8-14-38(47)28-48(54)33-18-20-40(21-19-33)53(41-22-24-43-45-26-34-10-4-6-12-36(34)29-49(45)55-51(43)31-41)42-23-25-44-46-27-35-11-5-7-13-37(35)30-50(46)56-52(44)32-42/h1-32H. The van der Waals surface area contributed by atoms with Crippen LogP contribution in [0.5, 0.6) is 0 Å². The molecule has 3 heterocycles. The van der Waals surface area contributed by atoms with Crippen LogP contribution in [0.15, 0.2) is 194 Å². The lowest BCUT2D eigenvalue weighted by molar-refractivity contribution is 1.13. The second-order valence-electron chi connectivity index (χ2n) is 14.6. The van der Waals surface area contributed by atoms with Gasteiger partial charge in [0.1, 0.15) is 0 Å². The number of hydrogen-bond acceptors (Lipinski definition) is 3. The number of thiophene rings is 2. The molecular weight excluding hydrogens is 717 g/mol. The van der Waals surface area contributed by atoms with Crippen LogP contribution in [0, 0.1) is 0 Å². The summed E-state index contributed by atoms with van der Waals surface area (Å²) < 4.78 is 7.59. The van der Waals surface area contributed by atoms with Gasteiger partial charge in [0.05, 0.1) is 11.2 Å². The molecule has 0 unspecified atom stereocenters. The zero-order chi connectivity index (χ0) is 36.7. The number of anilines is 3. The molecule has 0 spiro atoms. The summed E-state index contributed by atoms with van der Waals surface area (Å²) in [5.41, 5.74) is 8.11. The van der Waals surface area contributed by atoms with E-state index < -0.39 is 0 Å². The molecule has 0 saturated carbocycles. The van der Waals surface area contributed by atoms with Gasteiger partial charge in [0, 0.05) is 68.5 Å². The van der Waals surface area contributed by atoms with E-state index in [1.54, 1.807) is 0 Å². The molecule has 0 radical (unpaired) electrons. The van der Waals surface area contributed by atoms with Crippen LogP contribution >= 0.6 is 22.7 Å². The number of nitrogens with zero attached hydrogens (tertiary/aromatic N) is 2. The predicted molar refractivity (Wildman–Crippen MR) is 244 cm³/mol. The number of fused-ring (bicyclic) bond motifs is 9. The molecule has 0 aliphatic heterocycles. The van der Waals surface area contributed by atoms with E-state index in [1.807, 2.05) is 22.7 Å². The van der Waals surface area contributed by atoms with Crippen molar-refractivity contribution in [3.8, 4) is 16.9 Å². The van der Waals surface area contributed by atoms with Gasteiger partial charge in [0.2, 0.25) is 0 Å². The summed E-state index contributed by atoms with van der Waals surface area (Å²) in [4.78, 5) is 2.43. The Morgan fingerprint density at radius 3 is 1.38 bits per heavy atom. The highest BCUT2D eigenvalue weighted by molar-refractivity contribution is 7.26. The SMILES string of the molecule is c1ccc(-n2c(-c3ccc(N(c4ccc5c(c4)sc4cc6ccccc6cc45)c4ccc5c(c4)sc4cc6ccccc6cc45)cc3)cc3ccccc32)cc1. The van der Waals surface area contributed by atoms with E-state index in [9.17, 15) is 0 Å². The van der Waals surface area contributed by atoms with Crippen LogP contribution in [0.2, 0.25) is 0 Å². The van der Waals surface area contributed by atoms with Crippen molar-refractivity contribution in [3.05, 3.63) is 194 Å². The van der Waals surface area contributed by atoms with Crippen molar-refractivity contribution in [1.82, 2.24) is 4.57 Å². The minimum absolute atomic E-state index is 1.12. The molecule has 0 bridgehead atoms. The van der Waals surface area contributed by atoms with E-state index in [0.717, 1.165) is 22.7 Å². The van der Waals surface area contributed by atoms with Crippen molar-refractivity contribution >= 4 is 113 Å². The molecule has 56 heavy (non-hydrogen) atoms. The molecule has 0 aliphatic carbocycles. The second-order valence-corrected chi connectivity index (χ2v) is 16.8. The highest BCUT2D eigenvalue weighted by Crippen LogP contribution is 2.45. The molecule has 2 nitrogen and oxygen atoms in total. The van der Waals surface area contributed by atoms with Crippen LogP contribution in [-0.2, 0) is 0 Å². The van der Waals surface area contributed by atoms with E-state index in [2.05, 4.69) is 204 Å². The molecular formula is C52H32N2S2. The van der Waals surface area contributed by atoms with Crippen LogP contribution in [0.25, 0.3) is 89.7 Å². The third kappa shape index (κ3) is 5.00. The minimum Gasteiger partial charge on any atom is -0.310 e. The van der Waals surface area contributed by atoms with Gasteiger partial charge in [-0.25, -0.2) is 0 Å². The Morgan fingerprint density at radius 2 is 0.804 bits per heavy atom. The van der Waals surface area contributed by atoms with Crippen LogP contribution in [0.3, 0.4) is 0 Å². The maximum Gasteiger partial charge on any atom is 0.0541 e. The van der Waals surface area contributed by atoms with Crippen molar-refractivity contribution in [1.29, 1.82) is 0 Å². The van der Waals surface area contributed by atoms with Gasteiger partial charge in [-0.3, -0.25) is 0 Å². The molecule has 12 rings (SSSR count). The summed E-state index contributed by atoms with van der Waals surface area (Å²) in [5.74, 6) is 0. The highest BCUT2D eigenvalue weighted by Gasteiger charge is 2.19. The van der Waals surface area contributed by atoms with Crippen molar-refractivity contribution in [2.75, 3.05) is 4.90 Å². The van der Waals surface area contributed by atoms with Crippen molar-refractivity contribution in [2.45, 2.75) is 0 Å². The molecule has 4 heteroatoms. The van der Waals surface area contributed by atoms with Gasteiger partial charge in [-0.2, -0.15) is 0 Å². The van der Waals surface area contributed by atoms with E-state index in [0.29, 0.717) is 0 Å². The molecule has 12 aromatic rings. The number of aromatic nitrogens is 1. The molecule has 0 saturated heterocycles. The normalized spacial score (nSPS) is 11.9. The Morgan fingerprint density at radius 1 is 0.339 bits per heavy atom. The maximum absolute atomic E-state index is 2.43. The first kappa shape index (κ1) is 31.6. The lowest BCUT2D eigenvalue weighted by Crippen LogP contribution is -2.09. The van der Waals surface area contributed by atoms with Crippen LogP contribution < -0.4 is 4.90 Å². The molecule has 0 fully saturated rings. The first-order valence-electron chi connectivity index (χ1n) is 19.0. The smallest absolute Gasteiger partial charge is 0.0541 e. The van der Waals surface area contributed by atoms with Gasteiger partial charge in [-0.1, -0.05) is 109 Å². The maximum atomic E-state index is 2.43. The van der Waals surface area contributed by atoms with Gasteiger partial charge in [0.25, 0.3) is 0 Å². The first-order chi connectivity index (χ1) is 27.7. The lowest BCUT2D eigenvalue weighted by atomic mass is 10.0. The minimum atomic E-state index is 1.12. The Balaban J connectivity index is 1.03. The fourth-order valence-electron chi connectivity index (χ4n) is 8.63. The second kappa shape index (κ2) is 12.4. The van der Waals surface area contributed by atoms with Crippen molar-refractivity contribution in [3.63, 3.8) is 0 Å². The summed E-state index contributed by atoms with van der Waals surface area (Å²) in [7, 11) is 0. The molecule has 262 valence electrons. The third-order valence-electron chi connectivity index (χ3n) is 11.3. The lowest BCUT2D eigenvalue weighted by Gasteiger charge is -2.26. The van der Waals surface area contributed by atoms with E-state index in [-0.39, 0.29) is 0 Å². The van der Waals surface area contributed by atoms with Crippen LogP contribution in [0.1, 0.15) is 0 Å². The van der Waals surface area contributed by atoms with Crippen molar-refractivity contribution in [2.24, 2.45) is 0 Å². The Kier molecular flexibility index (Phi) is 7.00. The van der Waals surface area contributed by atoms with E-state index in [4.69, 9.17) is 0 Å². The monoisotopic (exact) mass is 748 g/mol. The Hall–Kier alpha value is -6.72. The zero-order valence-electron chi connectivity index (χ0n) is 30.2. The average molecular weight is 749 g/mol. The fraction of sp³-hybridized carbons (Fsp3) is 0. The Labute approximate surface area is 331 Å². The number of benzene rings is 9. The van der Waals surface area contributed by atoms with Gasteiger partial charge in [0.15, 0.2) is 0 Å². The molecule has 3 aromatic heterocycles. The summed E-state index contributed by atoms with van der Waals surface area (Å²) >= 11 is 3.76. The predicted octanol–water partition coefficient (Wildman–Crippen LogP) is 15.8. The highest BCUT2D eigenvalue weighted by atomic mass is 32.1. The summed E-state index contributed by atoms with van der Waals surface area (Å²) in [6.45, 7) is 0. The Bertz CT molecular complexity index is 3330. The molecule has 0 amide bonds. The number of hydrogen-bond donors (Lipinski definition) is 0. The molecule has 0 aliphatic rings. The number of para-hydroxylation sites is 2. The van der Waals surface area contributed by atoms with Gasteiger partial charge < -0.3 is 9.47 Å². The van der Waals surface area contributed by atoms with E-state index >= 15 is 0 Å². The van der Waals surface area contributed by atoms with Crippen LogP contribution in [0.4, 0.5) is 17.1 Å². The van der Waals surface area contributed by atoms with Crippen LogP contribution in [-0.4, -0.2) is 4.57 Å². The third-order valence-corrected chi connectivity index (χ3v) is 13.5. The van der Waals surface area contributed by atoms with Gasteiger partial charge >= 0.3 is 0 Å². The topological polar surface area (TPSA) is 8.17 Å². The number of rotatable bonds is 5. The van der Waals surface area contributed by atoms with E-state index in [1.165, 1.54) is 84.0 Å². The summed E-state index contributed by atoms with van der Waals surface area (Å²) in [6, 6.07) is 71.5.